The monoisotopic (exact) mass is 412 g/mol. The molecule has 0 spiro atoms. The molecule has 1 fully saturated rings. The maximum atomic E-state index is 2.38. The fraction of sp³-hybridized carbons (Fsp3) is 0.714. The Kier molecular flexibility index (Phi) is 8.87. The van der Waals surface area contributed by atoms with E-state index in [1.807, 2.05) is 0 Å². The van der Waals surface area contributed by atoms with Gasteiger partial charge in [-0.05, 0) is 65.0 Å². The second-order valence-corrected chi connectivity index (χ2v) is 8.50. The first-order valence-electron chi connectivity index (χ1n) is 9.52. The molecule has 1 aromatic carbocycles. The maximum absolute atomic E-state index is 2.38. The Hall–Kier alpha value is -0.0500. The second kappa shape index (κ2) is 10.7. The molecule has 1 aliphatic carbocycles. The molecule has 0 bridgehead atoms. The van der Waals surface area contributed by atoms with Crippen LogP contribution in [0.2, 0.25) is 0 Å². The zero-order valence-corrected chi connectivity index (χ0v) is 16.5. The number of rotatable bonds is 9. The maximum Gasteiger partial charge on any atom is 0.0130 e. The quantitative estimate of drug-likeness (QED) is 0.293. The summed E-state index contributed by atoms with van der Waals surface area (Å²) in [5.41, 5.74) is 1.51. The number of hydrogen-bond acceptors (Lipinski definition) is 0. The van der Waals surface area contributed by atoms with Crippen molar-refractivity contribution in [3.63, 3.8) is 0 Å². The number of halogens is 1. The number of benzene rings is 1. The van der Waals surface area contributed by atoms with Crippen LogP contribution in [0.1, 0.15) is 83.1 Å². The minimum Gasteiger partial charge on any atom is -0.0654 e. The van der Waals surface area contributed by atoms with E-state index in [9.17, 15) is 0 Å². The molecule has 0 nitrogen and oxygen atoms in total. The van der Waals surface area contributed by atoms with Crippen molar-refractivity contribution in [1.82, 2.24) is 0 Å². The zero-order chi connectivity index (χ0) is 15.6. The van der Waals surface area contributed by atoms with E-state index in [0.29, 0.717) is 0 Å². The first kappa shape index (κ1) is 18.3. The summed E-state index contributed by atoms with van der Waals surface area (Å²) in [6.45, 7) is 2.31. The fourth-order valence-electron chi connectivity index (χ4n) is 3.91. The molecule has 1 heteroatoms. The topological polar surface area (TPSA) is 0 Å². The van der Waals surface area contributed by atoms with Crippen LogP contribution in [0.25, 0.3) is 0 Å². The lowest BCUT2D eigenvalue weighted by molar-refractivity contribution is 0.245. The van der Waals surface area contributed by atoms with Crippen molar-refractivity contribution in [2.45, 2.75) is 84.0 Å². The number of hydrogen-bond donors (Lipinski definition) is 0. The number of unbranched alkanes of at least 4 members (excludes halogenated alkanes) is 3. The van der Waals surface area contributed by atoms with E-state index >= 15 is 0 Å². The SMILES string of the molecule is CCCCCC1CCC(CCCCc2ccc(I)cc2)CC1. The van der Waals surface area contributed by atoms with Gasteiger partial charge in [0.1, 0.15) is 0 Å². The molecule has 22 heavy (non-hydrogen) atoms. The minimum absolute atomic E-state index is 1.04. The van der Waals surface area contributed by atoms with E-state index < -0.39 is 0 Å². The molecule has 0 aromatic heterocycles. The van der Waals surface area contributed by atoms with Gasteiger partial charge in [-0.2, -0.15) is 0 Å². The minimum atomic E-state index is 1.04. The van der Waals surface area contributed by atoms with Gasteiger partial charge >= 0.3 is 0 Å². The summed E-state index contributed by atoms with van der Waals surface area (Å²) in [5.74, 6) is 2.11. The second-order valence-electron chi connectivity index (χ2n) is 7.25. The Morgan fingerprint density at radius 3 is 1.91 bits per heavy atom. The van der Waals surface area contributed by atoms with Crippen LogP contribution in [0.3, 0.4) is 0 Å². The highest BCUT2D eigenvalue weighted by Crippen LogP contribution is 2.34. The molecule has 0 radical (unpaired) electrons. The summed E-state index contributed by atoms with van der Waals surface area (Å²) in [5, 5.41) is 0. The number of aryl methyl sites for hydroxylation is 1. The normalized spacial score (nSPS) is 21.9. The summed E-state index contributed by atoms with van der Waals surface area (Å²) in [6.07, 6.45) is 17.4. The summed E-state index contributed by atoms with van der Waals surface area (Å²) < 4.78 is 1.34. The van der Waals surface area contributed by atoms with Crippen molar-refractivity contribution < 1.29 is 0 Å². The van der Waals surface area contributed by atoms with Crippen LogP contribution in [0.15, 0.2) is 24.3 Å². The van der Waals surface area contributed by atoms with Crippen LogP contribution < -0.4 is 0 Å². The standard InChI is InChI=1S/C21H33I/c1-2-3-4-7-18-10-12-19(13-11-18)8-5-6-9-20-14-16-21(22)17-15-20/h14-19H,2-13H2,1H3. The lowest BCUT2D eigenvalue weighted by atomic mass is 9.78. The van der Waals surface area contributed by atoms with Gasteiger partial charge in [0.05, 0.1) is 0 Å². The highest BCUT2D eigenvalue weighted by molar-refractivity contribution is 14.1. The molecule has 0 N–H and O–H groups in total. The first-order chi connectivity index (χ1) is 10.8. The molecule has 0 aliphatic heterocycles. The van der Waals surface area contributed by atoms with Crippen LogP contribution >= 0.6 is 22.6 Å². The van der Waals surface area contributed by atoms with E-state index in [1.165, 1.54) is 86.2 Å². The Bertz CT molecular complexity index is 387. The summed E-state index contributed by atoms with van der Waals surface area (Å²) in [4.78, 5) is 0. The molecule has 124 valence electrons. The van der Waals surface area contributed by atoms with Gasteiger partial charge in [0.15, 0.2) is 0 Å². The van der Waals surface area contributed by atoms with Gasteiger partial charge < -0.3 is 0 Å². The van der Waals surface area contributed by atoms with Crippen molar-refractivity contribution in [2.75, 3.05) is 0 Å². The molecular weight excluding hydrogens is 379 g/mol. The molecule has 0 atom stereocenters. The van der Waals surface area contributed by atoms with Crippen molar-refractivity contribution in [3.05, 3.63) is 33.4 Å². The van der Waals surface area contributed by atoms with Crippen LogP contribution in [0.4, 0.5) is 0 Å². The molecule has 0 saturated heterocycles. The molecule has 1 aromatic rings. The first-order valence-corrected chi connectivity index (χ1v) is 10.6. The van der Waals surface area contributed by atoms with Crippen LogP contribution in [-0.4, -0.2) is 0 Å². The fourth-order valence-corrected chi connectivity index (χ4v) is 4.26. The molecule has 0 amide bonds. The molecule has 2 rings (SSSR count). The van der Waals surface area contributed by atoms with Crippen LogP contribution in [0, 0.1) is 15.4 Å². The van der Waals surface area contributed by atoms with Crippen LogP contribution in [0.5, 0.6) is 0 Å². The van der Waals surface area contributed by atoms with E-state index in [0.717, 1.165) is 11.8 Å². The predicted molar refractivity (Wildman–Crippen MR) is 106 cm³/mol. The Morgan fingerprint density at radius 2 is 1.36 bits per heavy atom. The van der Waals surface area contributed by atoms with E-state index in [2.05, 4.69) is 53.8 Å². The third kappa shape index (κ3) is 7.02. The third-order valence-electron chi connectivity index (χ3n) is 5.42. The average molecular weight is 412 g/mol. The van der Waals surface area contributed by atoms with Gasteiger partial charge in [-0.15, -0.1) is 0 Å². The van der Waals surface area contributed by atoms with Crippen molar-refractivity contribution >= 4 is 22.6 Å². The molecule has 1 aliphatic rings. The van der Waals surface area contributed by atoms with Gasteiger partial charge in [-0.1, -0.05) is 83.3 Å². The molecule has 0 heterocycles. The smallest absolute Gasteiger partial charge is 0.0130 e. The van der Waals surface area contributed by atoms with Crippen molar-refractivity contribution in [1.29, 1.82) is 0 Å². The van der Waals surface area contributed by atoms with Crippen molar-refractivity contribution in [2.24, 2.45) is 11.8 Å². The van der Waals surface area contributed by atoms with Crippen molar-refractivity contribution in [3.8, 4) is 0 Å². The zero-order valence-electron chi connectivity index (χ0n) is 14.3. The Labute approximate surface area is 151 Å². The summed E-state index contributed by atoms with van der Waals surface area (Å²) in [7, 11) is 0. The molecular formula is C21H33I. The molecule has 0 unspecified atom stereocenters. The average Bonchev–Trinajstić information content (AvgIpc) is 2.55. The Balaban J connectivity index is 1.52. The van der Waals surface area contributed by atoms with Gasteiger partial charge in [0.25, 0.3) is 0 Å². The van der Waals surface area contributed by atoms with E-state index in [1.54, 1.807) is 0 Å². The lowest BCUT2D eigenvalue weighted by Gasteiger charge is -2.28. The van der Waals surface area contributed by atoms with E-state index in [-0.39, 0.29) is 0 Å². The van der Waals surface area contributed by atoms with E-state index in [4.69, 9.17) is 0 Å². The molecule has 1 saturated carbocycles. The van der Waals surface area contributed by atoms with Crippen LogP contribution in [-0.2, 0) is 6.42 Å². The highest BCUT2D eigenvalue weighted by atomic mass is 127. The van der Waals surface area contributed by atoms with Gasteiger partial charge in [0.2, 0.25) is 0 Å². The predicted octanol–water partition coefficient (Wildman–Crippen LogP) is 7.39. The largest absolute Gasteiger partial charge is 0.0654 e. The van der Waals surface area contributed by atoms with Gasteiger partial charge in [-0.3, -0.25) is 0 Å². The Morgan fingerprint density at radius 1 is 0.818 bits per heavy atom. The lowest BCUT2D eigenvalue weighted by Crippen LogP contribution is -2.14. The summed E-state index contributed by atoms with van der Waals surface area (Å²) >= 11 is 2.38. The van der Waals surface area contributed by atoms with Gasteiger partial charge in [0, 0.05) is 3.57 Å². The highest BCUT2D eigenvalue weighted by Gasteiger charge is 2.20. The van der Waals surface area contributed by atoms with Gasteiger partial charge in [-0.25, -0.2) is 0 Å². The third-order valence-corrected chi connectivity index (χ3v) is 6.14. The summed E-state index contributed by atoms with van der Waals surface area (Å²) in [6, 6.07) is 9.05.